The Morgan fingerprint density at radius 1 is 0.460 bits per heavy atom. The van der Waals surface area contributed by atoms with Crippen LogP contribution < -0.4 is 4.74 Å². The summed E-state index contributed by atoms with van der Waals surface area (Å²) in [6.07, 6.45) is -7.93. The maximum absolute atomic E-state index is 15.3. The number of hydrogen-bond acceptors (Lipinski definition) is 4. The van der Waals surface area contributed by atoms with E-state index in [4.69, 9.17) is 4.74 Å². The second-order valence-corrected chi connectivity index (χ2v) is 14.3. The van der Waals surface area contributed by atoms with Gasteiger partial charge in [0.05, 0.1) is 7.11 Å². The maximum atomic E-state index is 15.3. The Labute approximate surface area is 271 Å². The minimum atomic E-state index is -8.98. The van der Waals surface area contributed by atoms with Crippen LogP contribution in [0.2, 0.25) is 0 Å². The Balaban J connectivity index is 2.33. The second-order valence-electron chi connectivity index (χ2n) is 9.84. The molecule has 0 aliphatic heterocycles. The average Bonchev–Trinajstić information content (AvgIpc) is 3.03. The highest BCUT2D eigenvalue weighted by Crippen LogP contribution is 2.72. The predicted octanol–water partition coefficient (Wildman–Crippen LogP) is 10.2. The molecule has 0 bridgehead atoms. The van der Waals surface area contributed by atoms with Crippen LogP contribution in [-0.2, 0) is 13.7 Å². The van der Waals surface area contributed by atoms with Crippen LogP contribution >= 0.6 is 10.3 Å². The lowest BCUT2D eigenvalue weighted by atomic mass is 9.91. The van der Waals surface area contributed by atoms with Gasteiger partial charge in [-0.15, -0.1) is 0 Å². The summed E-state index contributed by atoms with van der Waals surface area (Å²) in [4.78, 5) is -1.63. The van der Waals surface area contributed by atoms with Crippen LogP contribution in [-0.4, -0.2) is 62.5 Å². The van der Waals surface area contributed by atoms with Gasteiger partial charge in [0.15, 0.2) is 0 Å². The largest absolute Gasteiger partial charge is 0.497 e. The zero-order valence-corrected chi connectivity index (χ0v) is 25.6. The van der Waals surface area contributed by atoms with Crippen LogP contribution in [0, 0.1) is 0 Å². The second kappa shape index (κ2) is 12.6. The molecule has 0 amide bonds. The van der Waals surface area contributed by atoms with Crippen LogP contribution in [0.5, 0.6) is 5.75 Å². The first-order chi connectivity index (χ1) is 22.5. The Hall–Kier alpha value is -3.47. The summed E-state index contributed by atoms with van der Waals surface area (Å²) in [5.41, 5.74) is 0. The van der Waals surface area contributed by atoms with Gasteiger partial charge in [0.25, 0.3) is 0 Å². The molecule has 0 aromatic heterocycles. The quantitative estimate of drug-likeness (QED) is 0.162. The van der Waals surface area contributed by atoms with E-state index in [1.54, 1.807) is 0 Å². The minimum absolute atomic E-state index is 0.214. The van der Waals surface area contributed by atoms with Crippen molar-refractivity contribution < 1.29 is 91.4 Å². The molecule has 0 heterocycles. The third-order valence-corrected chi connectivity index (χ3v) is 11.9. The van der Waals surface area contributed by atoms with Crippen molar-refractivity contribution in [3.05, 3.63) is 84.9 Å². The number of rotatable bonds is 13. The maximum Gasteiger partial charge on any atom is 0.460 e. The van der Waals surface area contributed by atoms with Gasteiger partial charge in [-0.3, -0.25) is 0 Å². The Bertz CT molecular complexity index is 1730. The molecule has 0 unspecified atom stereocenters. The summed E-state index contributed by atoms with van der Waals surface area (Å²) in [5, 5.41) is -7.88. The number of benzene rings is 3. The molecule has 3 aromatic rings. The number of alkyl halides is 17. The summed E-state index contributed by atoms with van der Waals surface area (Å²) in [7, 11) is -11.5. The van der Waals surface area contributed by atoms with Crippen molar-refractivity contribution in [3.8, 4) is 5.75 Å². The summed E-state index contributed by atoms with van der Waals surface area (Å²) in [6.45, 7) is 0. The molecule has 280 valence electrons. The van der Waals surface area contributed by atoms with Crippen molar-refractivity contribution in [2.24, 2.45) is 0 Å². The third kappa shape index (κ3) is 5.81. The van der Waals surface area contributed by atoms with Gasteiger partial charge in [0.2, 0.25) is 0 Å². The zero-order chi connectivity index (χ0) is 38.6. The molecule has 4 nitrogen and oxygen atoms in total. The van der Waals surface area contributed by atoms with E-state index < -0.39 is 82.1 Å². The Kier molecular flexibility index (Phi) is 10.3. The number of halogens is 17. The lowest BCUT2D eigenvalue weighted by molar-refractivity contribution is -0.458. The highest BCUT2D eigenvalue weighted by Gasteiger charge is 2.96. The fourth-order valence-electron chi connectivity index (χ4n) is 4.01. The van der Waals surface area contributed by atoms with E-state index in [1.807, 2.05) is 0 Å². The van der Waals surface area contributed by atoms with Gasteiger partial charge in [-0.05, 0) is 52.8 Å². The lowest BCUT2D eigenvalue weighted by Gasteiger charge is -2.43. The van der Waals surface area contributed by atoms with Gasteiger partial charge < -0.3 is 4.74 Å². The molecule has 23 heteroatoms. The lowest BCUT2D eigenvalue weighted by Crippen LogP contribution is -2.75. The molecule has 0 radical (unpaired) electrons. The monoisotopic (exact) mass is 792 g/mol. The van der Waals surface area contributed by atoms with Gasteiger partial charge in [0.1, 0.15) is 5.75 Å². The fraction of sp³-hybridized carbons (Fsp3) is 0.333. The average molecular weight is 793 g/mol. The molecule has 50 heavy (non-hydrogen) atoms. The minimum Gasteiger partial charge on any atom is -0.497 e. The summed E-state index contributed by atoms with van der Waals surface area (Å²) < 4.78 is 272. The molecule has 0 fully saturated rings. The molecule has 3 aromatic carbocycles. The first kappa shape index (κ1) is 41.0. The van der Waals surface area contributed by atoms with E-state index in [0.29, 0.717) is 0 Å². The highest BCUT2D eigenvalue weighted by molar-refractivity contribution is 8.33. The molecule has 0 saturated heterocycles. The predicted molar refractivity (Wildman–Crippen MR) is 139 cm³/mol. The summed E-state index contributed by atoms with van der Waals surface area (Å²) in [6, 6.07) is 14.6. The topological polar surface area (TPSA) is 52.6 Å². The number of methoxy groups -OCH3 is 1. The van der Waals surface area contributed by atoms with Crippen LogP contribution in [0.4, 0.5) is 74.6 Å². The molecule has 3 rings (SSSR count). The number of ether oxygens (including phenoxy) is 1. The summed E-state index contributed by atoms with van der Waals surface area (Å²) in [5.74, 6) is -52.6. The first-order valence-electron chi connectivity index (χ1n) is 12.7. The Morgan fingerprint density at radius 2 is 0.820 bits per heavy atom. The zero-order valence-electron chi connectivity index (χ0n) is 24.0. The first-order valence-corrected chi connectivity index (χ1v) is 15.7. The Morgan fingerprint density at radius 3 is 1.20 bits per heavy atom. The standard InChI is InChI=1S/C27H17F17O4S2/c1-47-16-9-8-14-19(15-16)49(17-10-4-2-5-11-17,18-12-6-3-7-13-18)48-50(45,46)27(43,44)25(38,39)23(34,35)21(30,31)20(28,29)22(32,33)24(36,37)26(40,41)42/h2-15H,1H3. The van der Waals surface area contributed by atoms with Crippen molar-refractivity contribution in [1.29, 1.82) is 0 Å². The van der Waals surface area contributed by atoms with E-state index in [0.717, 1.165) is 73.8 Å². The van der Waals surface area contributed by atoms with Crippen molar-refractivity contribution in [2.45, 2.75) is 61.7 Å². The summed E-state index contributed by atoms with van der Waals surface area (Å²) >= 11 is 0. The SMILES string of the molecule is COc1cccc(S(OS(=O)(=O)C(F)(F)C(F)(F)C(F)(F)C(F)(F)C(F)(F)C(F)(F)C(F)(F)C(F)(F)F)(c2ccccc2)c2ccccc2)c1. The third-order valence-electron chi connectivity index (χ3n) is 6.72. The van der Waals surface area contributed by atoms with Crippen LogP contribution in [0.15, 0.2) is 99.6 Å². The van der Waals surface area contributed by atoms with E-state index in [2.05, 4.69) is 3.63 Å². The van der Waals surface area contributed by atoms with E-state index in [1.165, 1.54) is 18.2 Å². The van der Waals surface area contributed by atoms with Gasteiger partial charge in [-0.1, -0.05) is 42.5 Å². The van der Waals surface area contributed by atoms with Crippen LogP contribution in [0.25, 0.3) is 0 Å². The van der Waals surface area contributed by atoms with E-state index in [9.17, 15) is 74.3 Å². The fourth-order valence-corrected chi connectivity index (χ4v) is 9.27. The molecule has 0 aliphatic carbocycles. The van der Waals surface area contributed by atoms with Gasteiger partial charge in [-0.25, -0.2) is 3.63 Å². The number of hydrogen-bond donors (Lipinski definition) is 0. The molecule has 0 atom stereocenters. The normalized spacial score (nSPS) is 15.2. The van der Waals surface area contributed by atoms with Crippen LogP contribution in [0.1, 0.15) is 0 Å². The van der Waals surface area contributed by atoms with Crippen molar-refractivity contribution in [2.75, 3.05) is 7.11 Å². The van der Waals surface area contributed by atoms with Crippen molar-refractivity contribution in [1.82, 2.24) is 0 Å². The smallest absolute Gasteiger partial charge is 0.460 e. The molecule has 0 aliphatic rings. The molecular formula is C27H17F17O4S2. The molecule has 0 spiro atoms. The van der Waals surface area contributed by atoms with Gasteiger partial charge in [0, 0.05) is 14.7 Å². The molecule has 0 saturated carbocycles. The van der Waals surface area contributed by atoms with Crippen molar-refractivity contribution in [3.63, 3.8) is 0 Å². The van der Waals surface area contributed by atoms with Gasteiger partial charge >= 0.3 is 57.1 Å². The van der Waals surface area contributed by atoms with E-state index in [-0.39, 0.29) is 5.75 Å². The van der Waals surface area contributed by atoms with E-state index >= 15 is 8.78 Å². The van der Waals surface area contributed by atoms with Crippen LogP contribution in [0.3, 0.4) is 0 Å². The molecular weight excluding hydrogens is 775 g/mol. The van der Waals surface area contributed by atoms with Crippen molar-refractivity contribution >= 4 is 20.4 Å². The van der Waals surface area contributed by atoms with Gasteiger partial charge in [-0.2, -0.15) is 83.1 Å². The highest BCUT2D eigenvalue weighted by atomic mass is 32.3. The molecule has 0 N–H and O–H groups in total.